The Kier molecular flexibility index (Phi) is 6.84. The largest absolute Gasteiger partial charge is 0.452 e. The van der Waals surface area contributed by atoms with Crippen LogP contribution in [0.1, 0.15) is 22.1 Å². The van der Waals surface area contributed by atoms with Crippen molar-refractivity contribution in [1.29, 1.82) is 0 Å². The standard InChI is InChI=1S/C19H15ClFN3O4S/c1-11-22-18(28-24-11)10-29-16-5-3-2-4-13(16)19(26)27-9-17(25)23-15-7-6-12(21)8-14(15)20/h2-8H,9-10H2,1H3,(H,23,25). The van der Waals surface area contributed by atoms with Crippen LogP contribution in [-0.2, 0) is 15.3 Å². The zero-order valence-corrected chi connectivity index (χ0v) is 16.7. The number of anilines is 1. The van der Waals surface area contributed by atoms with Crippen molar-refractivity contribution in [2.75, 3.05) is 11.9 Å². The Labute approximate surface area is 174 Å². The van der Waals surface area contributed by atoms with E-state index in [1.54, 1.807) is 31.2 Å². The Bertz CT molecular complexity index is 1040. The molecule has 1 N–H and O–H groups in total. The van der Waals surface area contributed by atoms with Crippen LogP contribution in [0.3, 0.4) is 0 Å². The number of amides is 1. The fourth-order valence-electron chi connectivity index (χ4n) is 2.29. The minimum Gasteiger partial charge on any atom is -0.452 e. The van der Waals surface area contributed by atoms with Crippen LogP contribution >= 0.6 is 23.4 Å². The van der Waals surface area contributed by atoms with Gasteiger partial charge >= 0.3 is 5.97 Å². The van der Waals surface area contributed by atoms with E-state index in [0.29, 0.717) is 27.9 Å². The first kappa shape index (κ1) is 20.8. The fourth-order valence-corrected chi connectivity index (χ4v) is 3.38. The number of rotatable bonds is 7. The summed E-state index contributed by atoms with van der Waals surface area (Å²) in [6, 6.07) is 10.4. The third-order valence-corrected chi connectivity index (χ3v) is 4.94. The first-order valence-electron chi connectivity index (χ1n) is 8.35. The minimum absolute atomic E-state index is 0.0442. The fraction of sp³-hybridized carbons (Fsp3) is 0.158. The van der Waals surface area contributed by atoms with Gasteiger partial charge in [-0.05, 0) is 37.3 Å². The van der Waals surface area contributed by atoms with Gasteiger partial charge < -0.3 is 14.6 Å². The van der Waals surface area contributed by atoms with E-state index in [1.807, 2.05) is 0 Å². The summed E-state index contributed by atoms with van der Waals surface area (Å²) in [6.07, 6.45) is 0. The lowest BCUT2D eigenvalue weighted by Crippen LogP contribution is -2.21. The maximum atomic E-state index is 13.1. The first-order chi connectivity index (χ1) is 13.9. The number of esters is 1. The smallest absolute Gasteiger partial charge is 0.339 e. The Morgan fingerprint density at radius 1 is 1.28 bits per heavy atom. The van der Waals surface area contributed by atoms with Gasteiger partial charge in [-0.1, -0.05) is 28.9 Å². The van der Waals surface area contributed by atoms with Gasteiger partial charge in [0.05, 0.1) is 22.0 Å². The number of ether oxygens (including phenoxy) is 1. The van der Waals surface area contributed by atoms with Crippen LogP contribution in [-0.4, -0.2) is 28.6 Å². The highest BCUT2D eigenvalue weighted by molar-refractivity contribution is 7.98. The molecule has 0 bridgehead atoms. The number of thioether (sulfide) groups is 1. The predicted octanol–water partition coefficient (Wildman–Crippen LogP) is 4.26. The van der Waals surface area contributed by atoms with Gasteiger partial charge in [0.15, 0.2) is 12.4 Å². The summed E-state index contributed by atoms with van der Waals surface area (Å²) in [4.78, 5) is 29.2. The molecule has 0 fully saturated rings. The maximum Gasteiger partial charge on any atom is 0.339 e. The average Bonchev–Trinajstić information content (AvgIpc) is 3.12. The molecule has 0 unspecified atom stereocenters. The summed E-state index contributed by atoms with van der Waals surface area (Å²) in [7, 11) is 0. The number of nitrogens with one attached hydrogen (secondary N) is 1. The lowest BCUT2D eigenvalue weighted by molar-refractivity contribution is -0.119. The third kappa shape index (κ3) is 5.78. The van der Waals surface area contributed by atoms with E-state index < -0.39 is 24.3 Å². The van der Waals surface area contributed by atoms with Crippen LogP contribution < -0.4 is 5.32 Å². The average molecular weight is 436 g/mol. The van der Waals surface area contributed by atoms with Gasteiger partial charge in [0.2, 0.25) is 5.89 Å². The Morgan fingerprint density at radius 2 is 2.07 bits per heavy atom. The van der Waals surface area contributed by atoms with Crippen LogP contribution in [0, 0.1) is 12.7 Å². The van der Waals surface area contributed by atoms with Gasteiger partial charge in [-0.15, -0.1) is 11.8 Å². The summed E-state index contributed by atoms with van der Waals surface area (Å²) >= 11 is 7.19. The highest BCUT2D eigenvalue weighted by Crippen LogP contribution is 2.26. The summed E-state index contributed by atoms with van der Waals surface area (Å²) < 4.78 is 23.2. The van der Waals surface area contributed by atoms with Crippen LogP contribution in [0.5, 0.6) is 0 Å². The second-order valence-electron chi connectivity index (χ2n) is 5.77. The van der Waals surface area contributed by atoms with Crippen molar-refractivity contribution in [2.24, 2.45) is 0 Å². The summed E-state index contributed by atoms with van der Waals surface area (Å²) in [6.45, 7) is 1.20. The zero-order chi connectivity index (χ0) is 20.8. The van der Waals surface area contributed by atoms with E-state index in [2.05, 4.69) is 15.5 Å². The molecular weight excluding hydrogens is 421 g/mol. The van der Waals surface area contributed by atoms with Crippen molar-refractivity contribution in [3.05, 3.63) is 70.6 Å². The number of nitrogens with zero attached hydrogens (tertiary/aromatic N) is 2. The summed E-state index contributed by atoms with van der Waals surface area (Å²) in [5, 5.41) is 6.22. The Hall–Kier alpha value is -2.91. The third-order valence-electron chi connectivity index (χ3n) is 3.57. The molecule has 0 spiro atoms. The molecule has 10 heteroatoms. The van der Waals surface area contributed by atoms with Crippen molar-refractivity contribution < 1.29 is 23.2 Å². The monoisotopic (exact) mass is 435 g/mol. The van der Waals surface area contributed by atoms with Crippen LogP contribution in [0.4, 0.5) is 10.1 Å². The second-order valence-corrected chi connectivity index (χ2v) is 7.19. The van der Waals surface area contributed by atoms with Gasteiger partial charge in [0.25, 0.3) is 5.91 Å². The zero-order valence-electron chi connectivity index (χ0n) is 15.1. The molecule has 0 aliphatic heterocycles. The second kappa shape index (κ2) is 9.53. The van der Waals surface area contributed by atoms with Crippen LogP contribution in [0.25, 0.3) is 0 Å². The van der Waals surface area contributed by atoms with E-state index in [9.17, 15) is 14.0 Å². The molecule has 3 aromatic rings. The first-order valence-corrected chi connectivity index (χ1v) is 9.72. The number of carbonyl (C=O) groups is 2. The van der Waals surface area contributed by atoms with Crippen molar-refractivity contribution in [2.45, 2.75) is 17.6 Å². The number of halogens is 2. The number of aryl methyl sites for hydroxylation is 1. The molecule has 150 valence electrons. The van der Waals surface area contributed by atoms with E-state index in [-0.39, 0.29) is 10.7 Å². The molecule has 0 aliphatic rings. The van der Waals surface area contributed by atoms with Crippen molar-refractivity contribution in [3.63, 3.8) is 0 Å². The molecule has 2 aromatic carbocycles. The van der Waals surface area contributed by atoms with Gasteiger partial charge in [0.1, 0.15) is 5.82 Å². The molecule has 0 atom stereocenters. The molecule has 3 rings (SSSR count). The summed E-state index contributed by atoms with van der Waals surface area (Å²) in [5.74, 6) is -0.432. The van der Waals surface area contributed by atoms with E-state index in [4.69, 9.17) is 20.9 Å². The number of carbonyl (C=O) groups excluding carboxylic acids is 2. The molecular formula is C19H15ClFN3O4S. The Balaban J connectivity index is 1.58. The lowest BCUT2D eigenvalue weighted by Gasteiger charge is -2.10. The van der Waals surface area contributed by atoms with Crippen LogP contribution in [0.2, 0.25) is 5.02 Å². The van der Waals surface area contributed by atoms with Crippen molar-refractivity contribution >= 4 is 40.9 Å². The number of aromatic nitrogens is 2. The SMILES string of the molecule is Cc1noc(CSc2ccccc2C(=O)OCC(=O)Nc2ccc(F)cc2Cl)n1. The molecule has 0 saturated carbocycles. The Morgan fingerprint density at radius 3 is 2.79 bits per heavy atom. The van der Waals surface area contributed by atoms with Gasteiger partial charge in [-0.3, -0.25) is 4.79 Å². The van der Waals surface area contributed by atoms with Gasteiger partial charge in [0, 0.05) is 4.90 Å². The van der Waals surface area contributed by atoms with Crippen molar-refractivity contribution in [1.82, 2.24) is 10.1 Å². The van der Waals surface area contributed by atoms with E-state index in [1.165, 1.54) is 17.8 Å². The van der Waals surface area contributed by atoms with E-state index >= 15 is 0 Å². The summed E-state index contributed by atoms with van der Waals surface area (Å²) in [5.41, 5.74) is 0.529. The molecule has 29 heavy (non-hydrogen) atoms. The van der Waals surface area contributed by atoms with E-state index in [0.717, 1.165) is 12.1 Å². The molecule has 0 radical (unpaired) electrons. The normalized spacial score (nSPS) is 10.6. The quantitative estimate of drug-likeness (QED) is 0.437. The number of hydrogen-bond donors (Lipinski definition) is 1. The number of benzene rings is 2. The minimum atomic E-state index is -0.657. The maximum absolute atomic E-state index is 13.1. The number of hydrogen-bond acceptors (Lipinski definition) is 7. The molecule has 1 amide bonds. The highest BCUT2D eigenvalue weighted by Gasteiger charge is 2.16. The molecule has 0 saturated heterocycles. The van der Waals surface area contributed by atoms with Gasteiger partial charge in [-0.25, -0.2) is 9.18 Å². The molecule has 7 nitrogen and oxygen atoms in total. The predicted molar refractivity (Wildman–Crippen MR) is 105 cm³/mol. The topological polar surface area (TPSA) is 94.3 Å². The molecule has 0 aliphatic carbocycles. The molecule has 1 heterocycles. The lowest BCUT2D eigenvalue weighted by atomic mass is 10.2. The van der Waals surface area contributed by atoms with Crippen molar-refractivity contribution in [3.8, 4) is 0 Å². The molecule has 1 aromatic heterocycles. The van der Waals surface area contributed by atoms with Crippen LogP contribution in [0.15, 0.2) is 51.9 Å². The van der Waals surface area contributed by atoms with Gasteiger partial charge in [-0.2, -0.15) is 4.98 Å². The highest BCUT2D eigenvalue weighted by atomic mass is 35.5.